The van der Waals surface area contributed by atoms with Gasteiger partial charge in [0.15, 0.2) is 5.78 Å². The van der Waals surface area contributed by atoms with Crippen LogP contribution in [0.1, 0.15) is 19.3 Å². The van der Waals surface area contributed by atoms with Gasteiger partial charge in [0.25, 0.3) is 0 Å². The third-order valence-electron chi connectivity index (χ3n) is 1.70. The zero-order chi connectivity index (χ0) is 8.97. The Morgan fingerprint density at radius 3 is 2.83 bits per heavy atom. The minimum atomic E-state index is -0.478. The van der Waals surface area contributed by atoms with E-state index in [1.165, 1.54) is 6.08 Å². The lowest BCUT2D eigenvalue weighted by Gasteiger charge is -2.06. The fraction of sp³-hybridized carbons (Fsp3) is 0.333. The smallest absolute Gasteiger partial charge is 0.241 e. The average Bonchev–Trinajstić information content (AvgIpc) is 2.01. The lowest BCUT2D eigenvalue weighted by molar-refractivity contribution is -0.115. The molecule has 0 aromatic rings. The quantitative estimate of drug-likeness (QED) is 0.612. The molecule has 1 rings (SSSR count). The Balaban J connectivity index is 2.63. The van der Waals surface area contributed by atoms with Gasteiger partial charge in [-0.25, -0.2) is 0 Å². The molecule has 1 amide bonds. The number of allylic oxidation sites excluding steroid dienone is 3. The van der Waals surface area contributed by atoms with Gasteiger partial charge in [-0.1, -0.05) is 6.08 Å². The lowest BCUT2D eigenvalue weighted by atomic mass is 9.98. The normalized spacial score (nSPS) is 18.0. The Bertz CT molecular complexity index is 264. The molecule has 0 fully saturated rings. The van der Waals surface area contributed by atoms with Crippen molar-refractivity contribution < 1.29 is 9.59 Å². The molecule has 0 aromatic heterocycles. The largest absolute Gasteiger partial charge is 0.366 e. The van der Waals surface area contributed by atoms with E-state index in [9.17, 15) is 9.59 Å². The monoisotopic (exact) mass is 165 g/mol. The van der Waals surface area contributed by atoms with Crippen LogP contribution in [0.15, 0.2) is 23.8 Å². The topological polar surface area (TPSA) is 60.2 Å². The summed E-state index contributed by atoms with van der Waals surface area (Å²) in [6.45, 7) is 0. The Morgan fingerprint density at radius 2 is 2.25 bits per heavy atom. The highest BCUT2D eigenvalue weighted by atomic mass is 16.1. The van der Waals surface area contributed by atoms with Crippen molar-refractivity contribution in [3.05, 3.63) is 23.8 Å². The van der Waals surface area contributed by atoms with Crippen molar-refractivity contribution in [3.63, 3.8) is 0 Å². The molecule has 2 N–H and O–H groups in total. The number of hydrogen-bond donors (Lipinski definition) is 1. The van der Waals surface area contributed by atoms with Crippen molar-refractivity contribution in [1.82, 2.24) is 0 Å². The van der Waals surface area contributed by atoms with Crippen LogP contribution in [-0.2, 0) is 9.59 Å². The van der Waals surface area contributed by atoms with Gasteiger partial charge in [-0.05, 0) is 24.5 Å². The van der Waals surface area contributed by atoms with Crippen LogP contribution in [0.25, 0.3) is 0 Å². The fourth-order valence-electron chi connectivity index (χ4n) is 1.14. The van der Waals surface area contributed by atoms with Crippen LogP contribution in [0.5, 0.6) is 0 Å². The molecular weight excluding hydrogens is 154 g/mol. The number of nitrogens with two attached hydrogens (primary N) is 1. The van der Waals surface area contributed by atoms with E-state index in [1.54, 1.807) is 12.2 Å². The van der Waals surface area contributed by atoms with Crippen LogP contribution in [0.2, 0.25) is 0 Å². The van der Waals surface area contributed by atoms with E-state index in [0.717, 1.165) is 18.4 Å². The standard InChI is InChI=1S/C9H11NO2/c10-9(12)5-4-7-2-1-3-8(11)6-7/h4-6H,1-3H2,(H2,10,12)/b5-4+. The summed E-state index contributed by atoms with van der Waals surface area (Å²) in [5.41, 5.74) is 5.80. The molecule has 0 saturated heterocycles. The Kier molecular flexibility index (Phi) is 2.80. The minimum Gasteiger partial charge on any atom is -0.366 e. The second kappa shape index (κ2) is 3.85. The van der Waals surface area contributed by atoms with Gasteiger partial charge in [0.1, 0.15) is 0 Å². The predicted octanol–water partition coefficient (Wildman–Crippen LogP) is 0.707. The second-order valence-electron chi connectivity index (χ2n) is 2.77. The number of hydrogen-bond acceptors (Lipinski definition) is 2. The summed E-state index contributed by atoms with van der Waals surface area (Å²) in [6.07, 6.45) is 6.81. The molecule has 0 aromatic carbocycles. The molecule has 3 heteroatoms. The van der Waals surface area contributed by atoms with Gasteiger partial charge < -0.3 is 5.73 Å². The lowest BCUT2D eigenvalue weighted by Crippen LogP contribution is -2.06. The van der Waals surface area contributed by atoms with E-state index in [1.807, 2.05) is 0 Å². The van der Waals surface area contributed by atoms with Crippen LogP contribution < -0.4 is 5.73 Å². The van der Waals surface area contributed by atoms with E-state index >= 15 is 0 Å². The molecule has 12 heavy (non-hydrogen) atoms. The van der Waals surface area contributed by atoms with E-state index in [0.29, 0.717) is 6.42 Å². The maximum atomic E-state index is 10.9. The predicted molar refractivity (Wildman–Crippen MR) is 45.3 cm³/mol. The van der Waals surface area contributed by atoms with Gasteiger partial charge in [-0.2, -0.15) is 0 Å². The van der Waals surface area contributed by atoms with E-state index < -0.39 is 5.91 Å². The number of rotatable bonds is 2. The van der Waals surface area contributed by atoms with Gasteiger partial charge in [0, 0.05) is 12.5 Å². The maximum absolute atomic E-state index is 10.9. The molecule has 0 bridgehead atoms. The molecule has 64 valence electrons. The molecule has 0 atom stereocenters. The first kappa shape index (κ1) is 8.71. The van der Waals surface area contributed by atoms with Crippen LogP contribution in [0.3, 0.4) is 0 Å². The van der Waals surface area contributed by atoms with Crippen molar-refractivity contribution in [3.8, 4) is 0 Å². The number of carbonyl (C=O) groups excluding carboxylic acids is 2. The zero-order valence-electron chi connectivity index (χ0n) is 6.75. The molecule has 0 heterocycles. The van der Waals surface area contributed by atoms with Crippen molar-refractivity contribution in [2.24, 2.45) is 5.73 Å². The maximum Gasteiger partial charge on any atom is 0.241 e. The molecular formula is C9H11NO2. The summed E-state index contributed by atoms with van der Waals surface area (Å²) in [7, 11) is 0. The third kappa shape index (κ3) is 2.70. The van der Waals surface area contributed by atoms with Gasteiger partial charge in [-0.3, -0.25) is 9.59 Å². The zero-order valence-corrected chi connectivity index (χ0v) is 6.75. The highest BCUT2D eigenvalue weighted by molar-refractivity contribution is 5.92. The number of carbonyl (C=O) groups is 2. The summed E-state index contributed by atoms with van der Waals surface area (Å²) < 4.78 is 0. The van der Waals surface area contributed by atoms with Crippen molar-refractivity contribution >= 4 is 11.7 Å². The summed E-state index contributed by atoms with van der Waals surface area (Å²) in [6, 6.07) is 0. The fourth-order valence-corrected chi connectivity index (χ4v) is 1.14. The first-order valence-corrected chi connectivity index (χ1v) is 3.89. The Labute approximate surface area is 70.9 Å². The molecule has 3 nitrogen and oxygen atoms in total. The minimum absolute atomic E-state index is 0.130. The third-order valence-corrected chi connectivity index (χ3v) is 1.70. The number of ketones is 1. The summed E-state index contributed by atoms with van der Waals surface area (Å²) in [4.78, 5) is 21.2. The molecule has 0 aliphatic heterocycles. The first-order chi connectivity index (χ1) is 5.68. The molecule has 0 unspecified atom stereocenters. The van der Waals surface area contributed by atoms with Crippen molar-refractivity contribution in [2.75, 3.05) is 0 Å². The summed E-state index contributed by atoms with van der Waals surface area (Å²) in [5, 5.41) is 0. The highest BCUT2D eigenvalue weighted by Crippen LogP contribution is 2.15. The van der Waals surface area contributed by atoms with E-state index in [4.69, 9.17) is 5.73 Å². The molecule has 0 saturated carbocycles. The molecule has 1 aliphatic rings. The van der Waals surface area contributed by atoms with Crippen molar-refractivity contribution in [2.45, 2.75) is 19.3 Å². The summed E-state index contributed by atoms with van der Waals surface area (Å²) >= 11 is 0. The first-order valence-electron chi connectivity index (χ1n) is 3.89. The van der Waals surface area contributed by atoms with Crippen LogP contribution >= 0.6 is 0 Å². The van der Waals surface area contributed by atoms with Crippen LogP contribution in [0, 0.1) is 0 Å². The summed E-state index contributed by atoms with van der Waals surface area (Å²) in [5.74, 6) is -0.348. The molecule has 0 spiro atoms. The van der Waals surface area contributed by atoms with Crippen molar-refractivity contribution in [1.29, 1.82) is 0 Å². The Hall–Kier alpha value is -1.38. The highest BCUT2D eigenvalue weighted by Gasteiger charge is 2.06. The second-order valence-corrected chi connectivity index (χ2v) is 2.77. The number of amides is 1. The molecule has 1 aliphatic carbocycles. The van der Waals surface area contributed by atoms with Gasteiger partial charge in [0.05, 0.1) is 0 Å². The van der Waals surface area contributed by atoms with Gasteiger partial charge in [-0.15, -0.1) is 0 Å². The Morgan fingerprint density at radius 1 is 1.50 bits per heavy atom. The van der Waals surface area contributed by atoms with Gasteiger partial charge >= 0.3 is 0 Å². The average molecular weight is 165 g/mol. The molecule has 0 radical (unpaired) electrons. The van der Waals surface area contributed by atoms with E-state index in [2.05, 4.69) is 0 Å². The van der Waals surface area contributed by atoms with E-state index in [-0.39, 0.29) is 5.78 Å². The number of primary amides is 1. The SMILES string of the molecule is NC(=O)/C=C/C1=CC(=O)CCC1. The van der Waals surface area contributed by atoms with Crippen LogP contribution in [0.4, 0.5) is 0 Å². The van der Waals surface area contributed by atoms with Crippen LogP contribution in [-0.4, -0.2) is 11.7 Å². The van der Waals surface area contributed by atoms with Gasteiger partial charge in [0.2, 0.25) is 5.91 Å².